The minimum absolute atomic E-state index is 0.0241. The number of aryl methyl sites for hydroxylation is 1. The largest absolute Gasteiger partial charge is 0.399 e. The van der Waals surface area contributed by atoms with Gasteiger partial charge >= 0.3 is 0 Å². The topological polar surface area (TPSA) is 92.4 Å². The van der Waals surface area contributed by atoms with Gasteiger partial charge in [-0.2, -0.15) is 0 Å². The van der Waals surface area contributed by atoms with E-state index in [0.29, 0.717) is 5.69 Å². The number of nitrogens with two attached hydrogens (primary N) is 1. The molecule has 1 aliphatic rings. The van der Waals surface area contributed by atoms with E-state index in [0.717, 1.165) is 31.2 Å². The minimum atomic E-state index is -3.55. The van der Waals surface area contributed by atoms with Crippen LogP contribution in [0.1, 0.15) is 31.2 Å². The van der Waals surface area contributed by atoms with Crippen LogP contribution >= 0.6 is 0 Å². The first kappa shape index (κ1) is 15.3. The molecule has 0 saturated heterocycles. The lowest BCUT2D eigenvalue weighted by Gasteiger charge is -2.26. The summed E-state index contributed by atoms with van der Waals surface area (Å²) >= 11 is 0. The Kier molecular flexibility index (Phi) is 4.36. The van der Waals surface area contributed by atoms with Gasteiger partial charge in [-0.3, -0.25) is 0 Å². The second-order valence-corrected chi connectivity index (χ2v) is 7.48. The summed E-state index contributed by atoms with van der Waals surface area (Å²) in [6.07, 6.45) is 3.83. The molecular weight excluding hydrogens is 276 g/mol. The summed E-state index contributed by atoms with van der Waals surface area (Å²) in [6.45, 7) is 2.09. The maximum atomic E-state index is 12.3. The van der Waals surface area contributed by atoms with Crippen LogP contribution < -0.4 is 10.5 Å². The molecular formula is C14H22N2O3S. The first-order valence-corrected chi connectivity index (χ1v) is 8.34. The number of nitrogen functional groups attached to an aromatic ring is 1. The summed E-state index contributed by atoms with van der Waals surface area (Å²) in [5.41, 5.74) is 6.72. The molecule has 1 aromatic carbocycles. The van der Waals surface area contributed by atoms with Crippen LogP contribution in [0.2, 0.25) is 0 Å². The van der Waals surface area contributed by atoms with E-state index in [1.807, 2.05) is 0 Å². The van der Waals surface area contributed by atoms with Crippen LogP contribution in [-0.4, -0.2) is 26.7 Å². The maximum absolute atomic E-state index is 12.3. The van der Waals surface area contributed by atoms with Crippen molar-refractivity contribution in [3.63, 3.8) is 0 Å². The molecule has 6 heteroatoms. The molecule has 2 rings (SSSR count). The second-order valence-electron chi connectivity index (χ2n) is 5.71. The summed E-state index contributed by atoms with van der Waals surface area (Å²) in [4.78, 5) is 0.218. The summed E-state index contributed by atoms with van der Waals surface area (Å²) in [7, 11) is -3.55. The van der Waals surface area contributed by atoms with Crippen molar-refractivity contribution in [1.29, 1.82) is 0 Å². The third-order valence-corrected chi connectivity index (χ3v) is 5.59. The number of rotatable bonds is 5. The van der Waals surface area contributed by atoms with E-state index < -0.39 is 10.0 Å². The Morgan fingerprint density at radius 1 is 1.35 bits per heavy atom. The summed E-state index contributed by atoms with van der Waals surface area (Å²) in [6, 6.07) is 4.67. The predicted octanol–water partition coefficient (Wildman–Crippen LogP) is 1.41. The molecule has 20 heavy (non-hydrogen) atoms. The van der Waals surface area contributed by atoms with Crippen LogP contribution in [0.3, 0.4) is 0 Å². The third-order valence-electron chi connectivity index (χ3n) is 4.19. The smallest absolute Gasteiger partial charge is 0.240 e. The van der Waals surface area contributed by atoms with Gasteiger partial charge in [0.05, 0.1) is 4.90 Å². The quantitative estimate of drug-likeness (QED) is 0.717. The SMILES string of the molecule is Cc1cc(S(=O)(=O)NCC2(CO)CCCC2)ccc1N. The normalized spacial score (nSPS) is 18.3. The van der Waals surface area contributed by atoms with Crippen molar-refractivity contribution in [1.82, 2.24) is 4.72 Å². The molecule has 1 aromatic rings. The highest BCUT2D eigenvalue weighted by Gasteiger charge is 2.34. The van der Waals surface area contributed by atoms with Crippen molar-refractivity contribution in [3.8, 4) is 0 Å². The van der Waals surface area contributed by atoms with Crippen LogP contribution in [0.5, 0.6) is 0 Å². The van der Waals surface area contributed by atoms with E-state index in [9.17, 15) is 13.5 Å². The monoisotopic (exact) mass is 298 g/mol. The van der Waals surface area contributed by atoms with Gasteiger partial charge in [0.1, 0.15) is 0 Å². The van der Waals surface area contributed by atoms with Crippen LogP contribution in [0, 0.1) is 12.3 Å². The number of benzene rings is 1. The molecule has 0 spiro atoms. The molecule has 0 unspecified atom stereocenters. The van der Waals surface area contributed by atoms with Gasteiger partial charge in [-0.1, -0.05) is 12.8 Å². The Morgan fingerprint density at radius 3 is 2.55 bits per heavy atom. The summed E-state index contributed by atoms with van der Waals surface area (Å²) in [5.74, 6) is 0. The van der Waals surface area contributed by atoms with Gasteiger partial charge in [0.15, 0.2) is 0 Å². The highest BCUT2D eigenvalue weighted by atomic mass is 32.2. The van der Waals surface area contributed by atoms with Gasteiger partial charge in [-0.25, -0.2) is 13.1 Å². The van der Waals surface area contributed by atoms with Gasteiger partial charge in [-0.15, -0.1) is 0 Å². The number of anilines is 1. The molecule has 1 aliphatic carbocycles. The molecule has 4 N–H and O–H groups in total. The van der Waals surface area contributed by atoms with Crippen LogP contribution in [0.4, 0.5) is 5.69 Å². The Labute approximate surface area is 120 Å². The van der Waals surface area contributed by atoms with Crippen molar-refractivity contribution < 1.29 is 13.5 Å². The Bertz CT molecular complexity index is 578. The summed E-state index contributed by atoms with van der Waals surface area (Å²) in [5, 5.41) is 9.51. The molecule has 112 valence electrons. The third kappa shape index (κ3) is 3.13. The first-order chi connectivity index (χ1) is 9.38. The molecule has 1 fully saturated rings. The zero-order valence-corrected chi connectivity index (χ0v) is 12.5. The van der Waals surface area contributed by atoms with Gasteiger partial charge in [0.2, 0.25) is 10.0 Å². The van der Waals surface area contributed by atoms with E-state index in [4.69, 9.17) is 5.73 Å². The van der Waals surface area contributed by atoms with E-state index in [1.165, 1.54) is 6.07 Å². The standard InChI is InChI=1S/C14H22N2O3S/c1-11-8-12(4-5-13(11)15)20(18,19)16-9-14(10-17)6-2-3-7-14/h4-5,8,16-17H,2-3,6-7,9-10,15H2,1H3. The maximum Gasteiger partial charge on any atom is 0.240 e. The number of nitrogens with one attached hydrogen (secondary N) is 1. The molecule has 0 radical (unpaired) electrons. The van der Waals surface area contributed by atoms with E-state index >= 15 is 0 Å². The fourth-order valence-electron chi connectivity index (χ4n) is 2.66. The van der Waals surface area contributed by atoms with Crippen molar-refractivity contribution in [2.24, 2.45) is 5.41 Å². The van der Waals surface area contributed by atoms with Crippen molar-refractivity contribution in [3.05, 3.63) is 23.8 Å². The Balaban J connectivity index is 2.13. The number of aliphatic hydroxyl groups is 1. The number of hydrogen-bond donors (Lipinski definition) is 3. The number of sulfonamides is 1. The van der Waals surface area contributed by atoms with E-state index in [-0.39, 0.29) is 23.5 Å². The average molecular weight is 298 g/mol. The molecule has 5 nitrogen and oxygen atoms in total. The fourth-order valence-corrected chi connectivity index (χ4v) is 3.90. The summed E-state index contributed by atoms with van der Waals surface area (Å²) < 4.78 is 27.2. The van der Waals surface area contributed by atoms with Crippen LogP contribution in [0.25, 0.3) is 0 Å². The zero-order valence-electron chi connectivity index (χ0n) is 11.7. The highest BCUT2D eigenvalue weighted by molar-refractivity contribution is 7.89. The number of hydrogen-bond acceptors (Lipinski definition) is 4. The lowest BCUT2D eigenvalue weighted by atomic mass is 9.88. The molecule has 0 atom stereocenters. The Morgan fingerprint density at radius 2 is 2.00 bits per heavy atom. The average Bonchev–Trinajstić information content (AvgIpc) is 2.89. The molecule has 0 amide bonds. The molecule has 0 bridgehead atoms. The van der Waals surface area contributed by atoms with Gasteiger partial charge in [-0.05, 0) is 43.5 Å². The van der Waals surface area contributed by atoms with Crippen molar-refractivity contribution in [2.45, 2.75) is 37.5 Å². The van der Waals surface area contributed by atoms with Gasteiger partial charge in [0.25, 0.3) is 0 Å². The van der Waals surface area contributed by atoms with Gasteiger partial charge < -0.3 is 10.8 Å². The van der Waals surface area contributed by atoms with E-state index in [1.54, 1.807) is 19.1 Å². The highest BCUT2D eigenvalue weighted by Crippen LogP contribution is 2.37. The van der Waals surface area contributed by atoms with Gasteiger partial charge in [0, 0.05) is 24.3 Å². The molecule has 0 aliphatic heterocycles. The lowest BCUT2D eigenvalue weighted by Crippen LogP contribution is -2.38. The first-order valence-electron chi connectivity index (χ1n) is 6.85. The predicted molar refractivity (Wildman–Crippen MR) is 78.8 cm³/mol. The zero-order chi connectivity index (χ0) is 14.8. The minimum Gasteiger partial charge on any atom is -0.399 e. The number of aliphatic hydroxyl groups excluding tert-OH is 1. The van der Waals surface area contributed by atoms with Crippen LogP contribution in [-0.2, 0) is 10.0 Å². The second kappa shape index (κ2) is 5.71. The molecule has 1 saturated carbocycles. The molecule has 0 aromatic heterocycles. The van der Waals surface area contributed by atoms with Crippen molar-refractivity contribution >= 4 is 15.7 Å². The molecule has 0 heterocycles. The van der Waals surface area contributed by atoms with E-state index in [2.05, 4.69) is 4.72 Å². The lowest BCUT2D eigenvalue weighted by molar-refractivity contribution is 0.134. The fraction of sp³-hybridized carbons (Fsp3) is 0.571. The Hall–Kier alpha value is -1.11. The van der Waals surface area contributed by atoms with Crippen molar-refractivity contribution in [2.75, 3.05) is 18.9 Å². The van der Waals surface area contributed by atoms with Crippen LogP contribution in [0.15, 0.2) is 23.1 Å².